The first-order valence-electron chi connectivity index (χ1n) is 19.3. The van der Waals surface area contributed by atoms with Gasteiger partial charge >= 0.3 is 0 Å². The van der Waals surface area contributed by atoms with E-state index in [1.54, 1.807) is 0 Å². The van der Waals surface area contributed by atoms with Gasteiger partial charge in [0, 0.05) is 34.1 Å². The second-order valence-corrected chi connectivity index (χ2v) is 14.7. The van der Waals surface area contributed by atoms with Gasteiger partial charge in [0.15, 0.2) is 0 Å². The summed E-state index contributed by atoms with van der Waals surface area (Å²) in [4.78, 5) is 4.62. The zero-order valence-corrected chi connectivity index (χ0v) is 32.5. The molecular formula is C54H46N2. The monoisotopic (exact) mass is 722 g/mol. The molecule has 0 atom stereocenters. The van der Waals surface area contributed by atoms with E-state index in [9.17, 15) is 0 Å². The van der Waals surface area contributed by atoms with E-state index in [1.807, 2.05) is 0 Å². The van der Waals surface area contributed by atoms with Gasteiger partial charge in [0.05, 0.1) is 0 Å². The summed E-state index contributed by atoms with van der Waals surface area (Å²) in [7, 11) is 0. The van der Waals surface area contributed by atoms with Gasteiger partial charge in [0.2, 0.25) is 0 Å². The fraction of sp³-hybridized carbons (Fsp3) is 0.0741. The van der Waals surface area contributed by atoms with Crippen LogP contribution in [0.2, 0.25) is 0 Å². The smallest absolute Gasteiger partial charge is 0.0462 e. The van der Waals surface area contributed by atoms with E-state index in [0.29, 0.717) is 0 Å². The molecule has 0 amide bonds. The third-order valence-electron chi connectivity index (χ3n) is 10.3. The minimum Gasteiger partial charge on any atom is -0.311 e. The highest BCUT2D eigenvalue weighted by Crippen LogP contribution is 2.36. The van der Waals surface area contributed by atoms with Gasteiger partial charge in [-0.3, -0.25) is 0 Å². The number of aryl methyl sites for hydroxylation is 4. The van der Waals surface area contributed by atoms with Crippen molar-refractivity contribution in [3.63, 3.8) is 0 Å². The maximum atomic E-state index is 2.31. The first-order valence-corrected chi connectivity index (χ1v) is 19.3. The van der Waals surface area contributed by atoms with Gasteiger partial charge in [0.1, 0.15) is 0 Å². The largest absolute Gasteiger partial charge is 0.311 e. The van der Waals surface area contributed by atoms with Crippen LogP contribution >= 0.6 is 0 Å². The van der Waals surface area contributed by atoms with Crippen LogP contribution in [0.25, 0.3) is 35.1 Å². The number of nitrogens with zero attached hydrogens (tertiary/aromatic N) is 2. The molecule has 0 N–H and O–H groups in total. The Morgan fingerprint density at radius 2 is 0.464 bits per heavy atom. The van der Waals surface area contributed by atoms with Gasteiger partial charge in [-0.1, -0.05) is 144 Å². The van der Waals surface area contributed by atoms with E-state index in [1.165, 1.54) is 44.2 Å². The number of fused-ring (bicyclic) bond motifs is 1. The van der Waals surface area contributed by atoms with Gasteiger partial charge in [0.25, 0.3) is 0 Å². The average molecular weight is 723 g/mol. The van der Waals surface area contributed by atoms with Crippen LogP contribution in [0, 0.1) is 27.7 Å². The standard InChI is InChI=1S/C54H46N2/c1-39-5-25-49(26-6-39)55(50-27-7-40(2)8-28-50)53-33-19-43(20-34-53)13-15-45-17-23-48-38-46(18-24-47(48)37-45)16-14-44-21-35-54(36-22-44)56(51-29-9-41(3)10-30-51)52-31-11-42(4)12-32-52/h5-38H,1-4H3/b15-13-,16-14+. The summed E-state index contributed by atoms with van der Waals surface area (Å²) in [6.45, 7) is 8.50. The summed E-state index contributed by atoms with van der Waals surface area (Å²) in [5, 5.41) is 2.45. The van der Waals surface area contributed by atoms with Gasteiger partial charge in [-0.2, -0.15) is 0 Å². The summed E-state index contributed by atoms with van der Waals surface area (Å²) >= 11 is 0. The second-order valence-electron chi connectivity index (χ2n) is 14.7. The summed E-state index contributed by atoms with van der Waals surface area (Å²) in [5.74, 6) is 0. The van der Waals surface area contributed by atoms with Crippen molar-refractivity contribution in [2.75, 3.05) is 9.80 Å². The quantitative estimate of drug-likeness (QED) is 0.130. The van der Waals surface area contributed by atoms with Crippen molar-refractivity contribution in [3.05, 3.63) is 226 Å². The molecule has 8 aromatic carbocycles. The van der Waals surface area contributed by atoms with Crippen molar-refractivity contribution in [1.29, 1.82) is 0 Å². The van der Waals surface area contributed by atoms with Crippen LogP contribution in [0.4, 0.5) is 34.1 Å². The van der Waals surface area contributed by atoms with E-state index >= 15 is 0 Å². The topological polar surface area (TPSA) is 6.48 Å². The van der Waals surface area contributed by atoms with Crippen molar-refractivity contribution >= 4 is 69.2 Å². The van der Waals surface area contributed by atoms with Crippen LogP contribution in [-0.4, -0.2) is 0 Å². The Morgan fingerprint density at radius 3 is 0.732 bits per heavy atom. The van der Waals surface area contributed by atoms with Crippen molar-refractivity contribution in [3.8, 4) is 0 Å². The summed E-state index contributed by atoms with van der Waals surface area (Å²) < 4.78 is 0. The average Bonchev–Trinajstić information content (AvgIpc) is 3.23. The normalized spacial score (nSPS) is 11.4. The van der Waals surface area contributed by atoms with E-state index in [2.05, 4.69) is 244 Å². The third kappa shape index (κ3) is 8.41. The van der Waals surface area contributed by atoms with Crippen LogP contribution in [0.5, 0.6) is 0 Å². The highest BCUT2D eigenvalue weighted by molar-refractivity contribution is 5.89. The molecule has 0 fully saturated rings. The van der Waals surface area contributed by atoms with Crippen LogP contribution in [0.15, 0.2) is 182 Å². The van der Waals surface area contributed by atoms with Gasteiger partial charge in [-0.15, -0.1) is 0 Å². The number of hydrogen-bond donors (Lipinski definition) is 0. The Hall–Kier alpha value is -6.90. The molecule has 0 aliphatic carbocycles. The molecule has 0 radical (unpaired) electrons. The minimum absolute atomic E-state index is 1.13. The maximum Gasteiger partial charge on any atom is 0.0462 e. The molecule has 0 saturated carbocycles. The van der Waals surface area contributed by atoms with Crippen molar-refractivity contribution in [2.45, 2.75) is 27.7 Å². The number of hydrogen-bond acceptors (Lipinski definition) is 2. The summed E-state index contributed by atoms with van der Waals surface area (Å²) in [5.41, 5.74) is 16.5. The molecule has 2 nitrogen and oxygen atoms in total. The Morgan fingerprint density at radius 1 is 0.250 bits per heavy atom. The SMILES string of the molecule is Cc1ccc(N(c2ccc(C)cc2)c2ccc(/C=C\c3ccc4cc(/C=C/c5ccc(N(c6ccc(C)cc6)c6ccc(C)cc6)cc5)ccc4c3)cc2)cc1. The van der Waals surface area contributed by atoms with Crippen LogP contribution in [0.1, 0.15) is 44.5 Å². The molecule has 8 aromatic rings. The zero-order valence-electron chi connectivity index (χ0n) is 32.5. The molecule has 0 spiro atoms. The Balaban J connectivity index is 0.956. The minimum atomic E-state index is 1.13. The maximum absolute atomic E-state index is 2.31. The lowest BCUT2D eigenvalue weighted by atomic mass is 10.0. The van der Waals surface area contributed by atoms with E-state index in [4.69, 9.17) is 0 Å². The second kappa shape index (κ2) is 16.2. The van der Waals surface area contributed by atoms with Crippen molar-refractivity contribution < 1.29 is 0 Å². The number of rotatable bonds is 10. The highest BCUT2D eigenvalue weighted by Gasteiger charge is 2.13. The molecule has 8 rings (SSSR count). The molecule has 56 heavy (non-hydrogen) atoms. The van der Waals surface area contributed by atoms with Gasteiger partial charge in [-0.25, -0.2) is 0 Å². The molecule has 0 unspecified atom stereocenters. The lowest BCUT2D eigenvalue weighted by Gasteiger charge is -2.25. The predicted molar refractivity (Wildman–Crippen MR) is 243 cm³/mol. The number of anilines is 6. The van der Waals surface area contributed by atoms with Gasteiger partial charge < -0.3 is 9.80 Å². The lowest BCUT2D eigenvalue weighted by molar-refractivity contribution is 1.27. The molecule has 272 valence electrons. The molecule has 0 saturated heterocycles. The lowest BCUT2D eigenvalue weighted by Crippen LogP contribution is -2.09. The summed E-state index contributed by atoms with van der Waals surface area (Å²) in [6, 6.07) is 65.8. The molecule has 0 aliphatic heterocycles. The van der Waals surface area contributed by atoms with Crippen LogP contribution in [-0.2, 0) is 0 Å². The molecule has 0 heterocycles. The first kappa shape index (κ1) is 36.1. The third-order valence-corrected chi connectivity index (χ3v) is 10.3. The molecule has 2 heteroatoms. The van der Waals surface area contributed by atoms with E-state index in [-0.39, 0.29) is 0 Å². The van der Waals surface area contributed by atoms with Crippen molar-refractivity contribution in [2.24, 2.45) is 0 Å². The Bertz CT molecular complexity index is 2330. The van der Waals surface area contributed by atoms with E-state index in [0.717, 1.165) is 45.3 Å². The number of benzene rings is 8. The van der Waals surface area contributed by atoms with E-state index < -0.39 is 0 Å². The predicted octanol–water partition coefficient (Wildman–Crippen LogP) is 15.4. The van der Waals surface area contributed by atoms with Gasteiger partial charge in [-0.05, 0) is 146 Å². The Labute approximate surface area is 332 Å². The fourth-order valence-electron chi connectivity index (χ4n) is 7.01. The highest BCUT2D eigenvalue weighted by atomic mass is 15.1. The van der Waals surface area contributed by atoms with Crippen LogP contribution in [0.3, 0.4) is 0 Å². The molecule has 0 aromatic heterocycles. The zero-order chi connectivity index (χ0) is 38.4. The molecule has 0 bridgehead atoms. The van der Waals surface area contributed by atoms with Crippen molar-refractivity contribution in [1.82, 2.24) is 0 Å². The van der Waals surface area contributed by atoms with Crippen LogP contribution < -0.4 is 9.80 Å². The summed E-state index contributed by atoms with van der Waals surface area (Å²) in [6.07, 6.45) is 8.78. The Kier molecular flexibility index (Phi) is 10.5. The molecular weight excluding hydrogens is 677 g/mol. The first-order chi connectivity index (χ1) is 27.3. The molecule has 0 aliphatic rings. The fourth-order valence-corrected chi connectivity index (χ4v) is 7.01.